The summed E-state index contributed by atoms with van der Waals surface area (Å²) in [4.78, 5) is 12.6. The summed E-state index contributed by atoms with van der Waals surface area (Å²) in [6.45, 7) is 3.74. The molecule has 1 aromatic heterocycles. The zero-order chi connectivity index (χ0) is 21.3. The molecule has 0 radical (unpaired) electrons. The van der Waals surface area contributed by atoms with Crippen molar-refractivity contribution in [2.75, 3.05) is 22.4 Å². The van der Waals surface area contributed by atoms with Gasteiger partial charge >= 0.3 is 0 Å². The Balaban J connectivity index is 1.56. The van der Waals surface area contributed by atoms with Crippen LogP contribution >= 0.6 is 0 Å². The number of carbonyl (C=O) groups excluding carboxylic acids is 1. The molecule has 0 saturated heterocycles. The van der Waals surface area contributed by atoms with Crippen molar-refractivity contribution in [3.05, 3.63) is 84.9 Å². The first-order valence-electron chi connectivity index (χ1n) is 9.28. The van der Waals surface area contributed by atoms with Crippen molar-refractivity contribution in [1.82, 2.24) is 0 Å². The van der Waals surface area contributed by atoms with E-state index in [4.69, 9.17) is 4.42 Å². The van der Waals surface area contributed by atoms with Crippen LogP contribution in [0, 0.1) is 0 Å². The van der Waals surface area contributed by atoms with Crippen LogP contribution in [0.1, 0.15) is 10.4 Å². The normalized spacial score (nSPS) is 11.5. The van der Waals surface area contributed by atoms with Crippen LogP contribution in [0.2, 0.25) is 0 Å². The van der Waals surface area contributed by atoms with Crippen molar-refractivity contribution in [3.8, 4) is 0 Å². The minimum absolute atomic E-state index is 0.155. The second kappa shape index (κ2) is 7.68. The van der Waals surface area contributed by atoms with Gasteiger partial charge in [0.2, 0.25) is 10.0 Å². The van der Waals surface area contributed by atoms with Gasteiger partial charge in [-0.2, -0.15) is 0 Å². The number of hydrogen-bond acceptors (Lipinski definition) is 4. The molecule has 0 spiro atoms. The number of furan rings is 1. The molecule has 0 atom stereocenters. The predicted octanol–water partition coefficient (Wildman–Crippen LogP) is 4.79. The number of fused-ring (bicyclic) bond motifs is 3. The third-order valence-corrected chi connectivity index (χ3v) is 5.91. The Morgan fingerprint density at radius 1 is 1.03 bits per heavy atom. The molecule has 0 aliphatic heterocycles. The van der Waals surface area contributed by atoms with Crippen molar-refractivity contribution in [2.45, 2.75) is 0 Å². The van der Waals surface area contributed by atoms with Gasteiger partial charge in [-0.1, -0.05) is 24.3 Å². The van der Waals surface area contributed by atoms with E-state index in [0.717, 1.165) is 22.6 Å². The van der Waals surface area contributed by atoms with Crippen LogP contribution < -0.4 is 9.62 Å². The molecule has 1 N–H and O–H groups in total. The van der Waals surface area contributed by atoms with E-state index in [2.05, 4.69) is 11.9 Å². The van der Waals surface area contributed by atoms with Crippen LogP contribution in [-0.4, -0.2) is 27.1 Å². The van der Waals surface area contributed by atoms with Crippen LogP contribution in [-0.2, 0) is 10.0 Å². The van der Waals surface area contributed by atoms with E-state index in [1.807, 2.05) is 36.4 Å². The van der Waals surface area contributed by atoms with E-state index in [0.29, 0.717) is 22.5 Å². The van der Waals surface area contributed by atoms with Crippen LogP contribution in [0.3, 0.4) is 0 Å². The average molecular weight is 420 g/mol. The molecule has 152 valence electrons. The molecular formula is C23H20N2O4S. The summed E-state index contributed by atoms with van der Waals surface area (Å²) >= 11 is 0. The number of sulfonamides is 1. The summed E-state index contributed by atoms with van der Waals surface area (Å²) in [5.41, 5.74) is 2.98. The Labute approximate surface area is 174 Å². The van der Waals surface area contributed by atoms with Gasteiger partial charge in [-0.15, -0.1) is 6.58 Å². The number of para-hydroxylation sites is 1. The highest BCUT2D eigenvalue weighted by Gasteiger charge is 2.16. The molecule has 7 heteroatoms. The van der Waals surface area contributed by atoms with Crippen LogP contribution in [0.25, 0.3) is 21.9 Å². The fourth-order valence-corrected chi connectivity index (χ4v) is 4.22. The van der Waals surface area contributed by atoms with Gasteiger partial charge in [0.1, 0.15) is 11.2 Å². The highest BCUT2D eigenvalue weighted by molar-refractivity contribution is 7.92. The number of carbonyl (C=O) groups is 1. The Kier molecular flexibility index (Phi) is 5.05. The van der Waals surface area contributed by atoms with Gasteiger partial charge in [0.25, 0.3) is 5.91 Å². The second-order valence-electron chi connectivity index (χ2n) is 6.89. The maximum Gasteiger partial charge on any atom is 0.255 e. The quantitative estimate of drug-likeness (QED) is 0.455. The van der Waals surface area contributed by atoms with Crippen LogP contribution in [0.4, 0.5) is 11.4 Å². The minimum Gasteiger partial charge on any atom is -0.456 e. The topological polar surface area (TPSA) is 79.6 Å². The lowest BCUT2D eigenvalue weighted by Crippen LogP contribution is -2.29. The summed E-state index contributed by atoms with van der Waals surface area (Å²) in [5, 5.41) is 4.86. The van der Waals surface area contributed by atoms with Gasteiger partial charge in [-0.05, 0) is 42.5 Å². The summed E-state index contributed by atoms with van der Waals surface area (Å²) < 4.78 is 31.0. The van der Waals surface area contributed by atoms with Gasteiger partial charge in [-0.3, -0.25) is 9.10 Å². The van der Waals surface area contributed by atoms with Crippen molar-refractivity contribution in [1.29, 1.82) is 0 Å². The highest BCUT2D eigenvalue weighted by Crippen LogP contribution is 2.30. The second-order valence-corrected chi connectivity index (χ2v) is 8.80. The molecule has 30 heavy (non-hydrogen) atoms. The molecule has 6 nitrogen and oxygen atoms in total. The highest BCUT2D eigenvalue weighted by atomic mass is 32.2. The average Bonchev–Trinajstić information content (AvgIpc) is 3.09. The monoisotopic (exact) mass is 420 g/mol. The zero-order valence-electron chi connectivity index (χ0n) is 16.3. The Hall–Kier alpha value is -3.58. The molecule has 1 heterocycles. The zero-order valence-corrected chi connectivity index (χ0v) is 17.1. The third-order valence-electron chi connectivity index (χ3n) is 4.75. The molecule has 4 rings (SSSR count). The lowest BCUT2D eigenvalue weighted by atomic mass is 10.1. The standard InChI is InChI=1S/C23H20N2O4S/c1-3-14-25(30(2,27)28)18-11-8-16(9-12-18)23(26)24-17-10-13-20-19-6-4-5-7-21(19)29-22(20)15-17/h3-13,15H,1,14H2,2H3,(H,24,26). The van der Waals surface area contributed by atoms with Gasteiger partial charge in [0.15, 0.2) is 0 Å². The summed E-state index contributed by atoms with van der Waals surface area (Å²) in [6, 6.07) is 19.7. The molecule has 0 fully saturated rings. The molecule has 0 aliphatic rings. The molecule has 3 aromatic carbocycles. The Bertz CT molecular complexity index is 1360. The fourth-order valence-electron chi connectivity index (χ4n) is 3.34. The summed E-state index contributed by atoms with van der Waals surface area (Å²) in [5.74, 6) is -0.299. The van der Waals surface area contributed by atoms with Crippen molar-refractivity contribution in [3.63, 3.8) is 0 Å². The first kappa shape index (κ1) is 19.7. The number of nitrogens with zero attached hydrogens (tertiary/aromatic N) is 1. The minimum atomic E-state index is -3.44. The van der Waals surface area contributed by atoms with E-state index < -0.39 is 10.0 Å². The van der Waals surface area contributed by atoms with Crippen LogP contribution in [0.5, 0.6) is 0 Å². The number of nitrogens with one attached hydrogen (secondary N) is 1. The molecule has 1 amide bonds. The van der Waals surface area contributed by atoms with Crippen molar-refractivity contribution >= 4 is 49.2 Å². The summed E-state index contributed by atoms with van der Waals surface area (Å²) in [6.07, 6.45) is 2.64. The Morgan fingerprint density at radius 3 is 2.43 bits per heavy atom. The fraction of sp³-hybridized carbons (Fsp3) is 0.0870. The lowest BCUT2D eigenvalue weighted by Gasteiger charge is -2.20. The van der Waals surface area contributed by atoms with E-state index in [-0.39, 0.29) is 12.5 Å². The SMILES string of the molecule is C=CCN(c1ccc(C(=O)Nc2ccc3c(c2)oc2ccccc23)cc1)S(C)(=O)=O. The maximum atomic E-state index is 12.6. The predicted molar refractivity (Wildman–Crippen MR) is 121 cm³/mol. The molecule has 0 saturated carbocycles. The van der Waals surface area contributed by atoms with Crippen LogP contribution in [0.15, 0.2) is 83.8 Å². The number of amides is 1. The number of benzene rings is 3. The van der Waals surface area contributed by atoms with Crippen molar-refractivity contribution in [2.24, 2.45) is 0 Å². The van der Waals surface area contributed by atoms with Gasteiger partial charge in [0, 0.05) is 28.1 Å². The van der Waals surface area contributed by atoms with Crippen molar-refractivity contribution < 1.29 is 17.6 Å². The molecule has 0 aliphatic carbocycles. The van der Waals surface area contributed by atoms with E-state index in [9.17, 15) is 13.2 Å². The number of hydrogen-bond donors (Lipinski definition) is 1. The van der Waals surface area contributed by atoms with Gasteiger partial charge in [0.05, 0.1) is 18.5 Å². The Morgan fingerprint density at radius 2 is 1.73 bits per heavy atom. The lowest BCUT2D eigenvalue weighted by molar-refractivity contribution is 0.102. The first-order valence-corrected chi connectivity index (χ1v) is 11.1. The molecule has 4 aromatic rings. The van der Waals surface area contributed by atoms with E-state index in [1.54, 1.807) is 30.3 Å². The van der Waals surface area contributed by atoms with E-state index in [1.165, 1.54) is 10.4 Å². The number of rotatable bonds is 6. The maximum absolute atomic E-state index is 12.6. The molecular weight excluding hydrogens is 400 g/mol. The third kappa shape index (κ3) is 3.79. The van der Waals surface area contributed by atoms with Gasteiger partial charge in [-0.25, -0.2) is 8.42 Å². The van der Waals surface area contributed by atoms with E-state index >= 15 is 0 Å². The molecule has 0 bridgehead atoms. The smallest absolute Gasteiger partial charge is 0.255 e. The largest absolute Gasteiger partial charge is 0.456 e. The number of anilines is 2. The molecule has 0 unspecified atom stereocenters. The summed E-state index contributed by atoms with van der Waals surface area (Å²) in [7, 11) is -3.44. The first-order chi connectivity index (χ1) is 14.4. The van der Waals surface area contributed by atoms with Gasteiger partial charge < -0.3 is 9.73 Å².